The number of nitrogens with zero attached hydrogens (tertiary/aromatic N) is 1. The molecule has 0 N–H and O–H groups in total. The molecule has 1 saturated heterocycles. The van der Waals surface area contributed by atoms with Crippen LogP contribution < -0.4 is 5.46 Å². The van der Waals surface area contributed by atoms with Gasteiger partial charge < -0.3 is 13.9 Å². The van der Waals surface area contributed by atoms with Gasteiger partial charge in [-0.25, -0.2) is 0 Å². The van der Waals surface area contributed by atoms with Gasteiger partial charge in [0.25, 0.3) is 0 Å². The third kappa shape index (κ3) is 2.98. The van der Waals surface area contributed by atoms with Gasteiger partial charge in [0.1, 0.15) is 0 Å². The second-order valence-electron chi connectivity index (χ2n) is 10.7. The summed E-state index contributed by atoms with van der Waals surface area (Å²) in [5.74, 6) is 0. The maximum absolute atomic E-state index is 6.60. The van der Waals surface area contributed by atoms with Crippen molar-refractivity contribution in [1.29, 1.82) is 0 Å². The Labute approximate surface area is 210 Å². The third-order valence-corrected chi connectivity index (χ3v) is 9.35. The number of hydrogen-bond donors (Lipinski definition) is 0. The van der Waals surface area contributed by atoms with Crippen LogP contribution in [0.15, 0.2) is 66.7 Å². The first kappa shape index (κ1) is 21.4. The largest absolute Gasteiger partial charge is 0.496 e. The first-order valence-corrected chi connectivity index (χ1v) is 13.3. The zero-order valence-electron chi connectivity index (χ0n) is 20.6. The van der Waals surface area contributed by atoms with Crippen molar-refractivity contribution >= 4 is 61.9 Å². The monoisotopic (exact) mass is 477 g/mol. The number of hydrogen-bond acceptors (Lipinski definition) is 3. The predicted molar refractivity (Wildman–Crippen MR) is 149 cm³/mol. The molecule has 0 spiro atoms. The van der Waals surface area contributed by atoms with E-state index >= 15 is 0 Å². The average molecular weight is 477 g/mol. The van der Waals surface area contributed by atoms with Crippen molar-refractivity contribution in [2.45, 2.75) is 51.7 Å². The van der Waals surface area contributed by atoms with E-state index in [0.717, 1.165) is 18.3 Å². The van der Waals surface area contributed by atoms with Crippen LogP contribution in [0.25, 0.3) is 43.7 Å². The van der Waals surface area contributed by atoms with Crippen LogP contribution in [0.1, 0.15) is 44.6 Å². The fourth-order valence-corrected chi connectivity index (χ4v) is 6.91. The lowest BCUT2D eigenvalue weighted by Gasteiger charge is -2.32. The molecule has 0 amide bonds. The summed E-state index contributed by atoms with van der Waals surface area (Å²) < 4.78 is 16.9. The van der Waals surface area contributed by atoms with Crippen LogP contribution in [0.5, 0.6) is 0 Å². The summed E-state index contributed by atoms with van der Waals surface area (Å²) in [7, 11) is -0.394. The topological polar surface area (TPSA) is 23.4 Å². The van der Waals surface area contributed by atoms with Crippen molar-refractivity contribution in [3.8, 4) is 5.69 Å². The molecule has 0 saturated carbocycles. The maximum Gasteiger partial charge on any atom is 0.496 e. The highest BCUT2D eigenvalue weighted by Gasteiger charge is 2.52. The number of allylic oxidation sites excluding steroid dienone is 1. The molecule has 1 aliphatic carbocycles. The van der Waals surface area contributed by atoms with E-state index in [0.29, 0.717) is 0 Å². The van der Waals surface area contributed by atoms with Gasteiger partial charge in [-0.1, -0.05) is 48.5 Å². The molecule has 7 rings (SSSR count). The number of benzene rings is 3. The number of thiophene rings is 1. The van der Waals surface area contributed by atoms with E-state index in [1.807, 2.05) is 11.3 Å². The Hall–Kier alpha value is -2.86. The molecule has 174 valence electrons. The highest BCUT2D eigenvalue weighted by atomic mass is 32.1. The number of aromatic nitrogens is 1. The lowest BCUT2D eigenvalue weighted by molar-refractivity contribution is 0.00578. The molecular weight excluding hydrogens is 449 g/mol. The summed E-state index contributed by atoms with van der Waals surface area (Å²) in [6, 6.07) is 21.8. The zero-order chi connectivity index (χ0) is 23.9. The molecule has 2 aliphatic rings. The SMILES string of the molecule is CC1(C)OB(c2cc3c4ccccc4n(-c4ccccc4)c3c3c4c(sc23)C=CCC4)OC1(C)C. The first-order chi connectivity index (χ1) is 16.9. The van der Waals surface area contributed by atoms with Crippen molar-refractivity contribution in [2.75, 3.05) is 0 Å². The normalized spacial score (nSPS) is 18.7. The number of aryl methyl sites for hydroxylation is 1. The van der Waals surface area contributed by atoms with Crippen molar-refractivity contribution < 1.29 is 9.31 Å². The van der Waals surface area contributed by atoms with Crippen molar-refractivity contribution in [3.63, 3.8) is 0 Å². The highest BCUT2D eigenvalue weighted by molar-refractivity contribution is 7.21. The minimum absolute atomic E-state index is 0.381. The minimum Gasteiger partial charge on any atom is -0.399 e. The minimum atomic E-state index is -0.394. The quantitative estimate of drug-likeness (QED) is 0.250. The van der Waals surface area contributed by atoms with Crippen LogP contribution >= 0.6 is 11.3 Å². The van der Waals surface area contributed by atoms with Gasteiger partial charge in [-0.3, -0.25) is 0 Å². The number of para-hydroxylation sites is 2. The maximum atomic E-state index is 6.60. The van der Waals surface area contributed by atoms with Crippen LogP contribution in [-0.4, -0.2) is 22.9 Å². The standard InChI is InChI=1S/C30H28BNO2S/c1-29(2)30(3,4)34-31(33-29)23-18-22-20-14-8-10-16-24(20)32(19-12-6-5-7-13-19)27(22)26-21-15-9-11-17-25(21)35-28(23)26/h5-8,10-14,16-18H,9,15H2,1-4H3. The highest BCUT2D eigenvalue weighted by Crippen LogP contribution is 2.45. The molecule has 3 nitrogen and oxygen atoms in total. The fraction of sp³-hybridized carbons (Fsp3) is 0.267. The van der Waals surface area contributed by atoms with Gasteiger partial charge in [0.05, 0.1) is 22.2 Å². The molecule has 0 unspecified atom stereocenters. The Bertz CT molecular complexity index is 1640. The van der Waals surface area contributed by atoms with E-state index in [4.69, 9.17) is 9.31 Å². The van der Waals surface area contributed by atoms with Crippen LogP contribution in [0.2, 0.25) is 0 Å². The molecule has 3 heterocycles. The van der Waals surface area contributed by atoms with Gasteiger partial charge in [-0.15, -0.1) is 11.3 Å². The van der Waals surface area contributed by atoms with Gasteiger partial charge in [0, 0.05) is 36.9 Å². The first-order valence-electron chi connectivity index (χ1n) is 12.4. The molecule has 5 heteroatoms. The van der Waals surface area contributed by atoms with Gasteiger partial charge >= 0.3 is 7.12 Å². The molecule has 0 bridgehead atoms. The van der Waals surface area contributed by atoms with Crippen LogP contribution in [-0.2, 0) is 15.7 Å². The molecule has 1 aliphatic heterocycles. The smallest absolute Gasteiger partial charge is 0.399 e. The Balaban J connectivity index is 1.64. The summed E-state index contributed by atoms with van der Waals surface area (Å²) in [5, 5.41) is 3.88. The number of fused-ring (bicyclic) bond motifs is 7. The van der Waals surface area contributed by atoms with Crippen molar-refractivity contribution in [3.05, 3.63) is 77.2 Å². The van der Waals surface area contributed by atoms with E-state index in [-0.39, 0.29) is 11.2 Å². The fourth-order valence-electron chi connectivity index (χ4n) is 5.61. The van der Waals surface area contributed by atoms with E-state index in [9.17, 15) is 0 Å². The van der Waals surface area contributed by atoms with E-state index in [1.165, 1.54) is 48.0 Å². The van der Waals surface area contributed by atoms with E-state index in [2.05, 4.69) is 105 Å². The summed E-state index contributed by atoms with van der Waals surface area (Å²) in [6.07, 6.45) is 6.74. The van der Waals surface area contributed by atoms with Gasteiger partial charge in [-0.2, -0.15) is 0 Å². The molecule has 0 radical (unpaired) electrons. The second kappa shape index (κ2) is 7.33. The molecule has 1 fully saturated rings. The van der Waals surface area contributed by atoms with Crippen molar-refractivity contribution in [2.24, 2.45) is 0 Å². The molecule has 5 aromatic rings. The molecule has 0 atom stereocenters. The van der Waals surface area contributed by atoms with Gasteiger partial charge in [0.2, 0.25) is 0 Å². The molecular formula is C30H28BNO2S. The van der Waals surface area contributed by atoms with Crippen molar-refractivity contribution in [1.82, 2.24) is 4.57 Å². The third-order valence-electron chi connectivity index (χ3n) is 8.10. The van der Waals surface area contributed by atoms with Crippen LogP contribution in [0, 0.1) is 0 Å². The van der Waals surface area contributed by atoms with Crippen LogP contribution in [0.4, 0.5) is 0 Å². The Morgan fingerprint density at radius 2 is 1.60 bits per heavy atom. The van der Waals surface area contributed by atoms with Gasteiger partial charge in [0.15, 0.2) is 0 Å². The molecule has 35 heavy (non-hydrogen) atoms. The predicted octanol–water partition coefficient (Wildman–Crippen LogP) is 7.26. The molecule has 2 aromatic heterocycles. The molecule has 3 aromatic carbocycles. The Kier molecular flexibility index (Phi) is 4.49. The van der Waals surface area contributed by atoms with E-state index in [1.54, 1.807) is 0 Å². The van der Waals surface area contributed by atoms with E-state index < -0.39 is 7.12 Å². The summed E-state index contributed by atoms with van der Waals surface area (Å²) in [5.41, 5.74) is 5.55. The summed E-state index contributed by atoms with van der Waals surface area (Å²) >= 11 is 1.88. The average Bonchev–Trinajstić information content (AvgIpc) is 3.46. The van der Waals surface area contributed by atoms with Gasteiger partial charge in [-0.05, 0) is 70.4 Å². The lowest BCUT2D eigenvalue weighted by Crippen LogP contribution is -2.41. The summed E-state index contributed by atoms with van der Waals surface area (Å²) in [4.78, 5) is 1.36. The Morgan fingerprint density at radius 3 is 2.37 bits per heavy atom. The van der Waals surface area contributed by atoms with Crippen LogP contribution in [0.3, 0.4) is 0 Å². The Morgan fingerprint density at radius 1 is 0.886 bits per heavy atom. The lowest BCUT2D eigenvalue weighted by atomic mass is 9.77. The second-order valence-corrected chi connectivity index (χ2v) is 11.8. The zero-order valence-corrected chi connectivity index (χ0v) is 21.4. The summed E-state index contributed by atoms with van der Waals surface area (Å²) in [6.45, 7) is 8.52. The number of rotatable bonds is 2.